The molecule has 0 saturated carbocycles. The molecule has 0 saturated heterocycles. The molecule has 0 fully saturated rings. The van der Waals surface area contributed by atoms with Crippen LogP contribution in [0.15, 0.2) is 65.7 Å². The van der Waals surface area contributed by atoms with Crippen LogP contribution in [-0.2, 0) is 9.53 Å². The highest BCUT2D eigenvalue weighted by Gasteiger charge is 2.38. The lowest BCUT2D eigenvalue weighted by atomic mass is 10.0. The highest BCUT2D eigenvalue weighted by atomic mass is 16.5. The molecule has 0 radical (unpaired) electrons. The zero-order chi connectivity index (χ0) is 16.2. The Bertz CT molecular complexity index is 696. The minimum Gasteiger partial charge on any atom is -0.466 e. The third kappa shape index (κ3) is 3.42. The number of aliphatic imine (C=N–C) groups is 1. The largest absolute Gasteiger partial charge is 0.466 e. The molecule has 4 heteroatoms. The van der Waals surface area contributed by atoms with Crippen LogP contribution in [0.5, 0.6) is 0 Å². The van der Waals surface area contributed by atoms with Gasteiger partial charge < -0.3 is 10.1 Å². The maximum Gasteiger partial charge on any atom is 0.249 e. The molecule has 1 N–H and O–H groups in total. The van der Waals surface area contributed by atoms with E-state index in [-0.39, 0.29) is 11.9 Å². The van der Waals surface area contributed by atoms with E-state index in [1.807, 2.05) is 74.5 Å². The summed E-state index contributed by atoms with van der Waals surface area (Å²) in [6, 6.07) is 18.9. The van der Waals surface area contributed by atoms with Crippen molar-refractivity contribution in [2.75, 3.05) is 0 Å². The van der Waals surface area contributed by atoms with Gasteiger partial charge in [-0.15, -0.1) is 0 Å². The zero-order valence-electron chi connectivity index (χ0n) is 13.3. The standard InChI is InChI=1S/C19H20N2O2/c1-13(2)20-18(22)16-17(14-9-5-3-6-10-14)23-19(21-16)15-11-7-4-8-12-15/h3-13,16-17H,1-2H3,(H,20,22). The molecule has 1 heterocycles. The number of carbonyl (C=O) groups is 1. The number of rotatable bonds is 4. The van der Waals surface area contributed by atoms with Crippen molar-refractivity contribution in [2.45, 2.75) is 32.0 Å². The monoisotopic (exact) mass is 308 g/mol. The molecule has 1 aliphatic rings. The maximum absolute atomic E-state index is 12.5. The zero-order valence-corrected chi connectivity index (χ0v) is 13.3. The predicted molar refractivity (Wildman–Crippen MR) is 90.3 cm³/mol. The van der Waals surface area contributed by atoms with Crippen LogP contribution in [-0.4, -0.2) is 23.9 Å². The summed E-state index contributed by atoms with van der Waals surface area (Å²) in [6.07, 6.45) is -0.398. The molecule has 4 nitrogen and oxygen atoms in total. The second-order valence-corrected chi connectivity index (χ2v) is 5.86. The Morgan fingerprint density at radius 3 is 2.26 bits per heavy atom. The second-order valence-electron chi connectivity index (χ2n) is 5.86. The number of amides is 1. The third-order valence-corrected chi connectivity index (χ3v) is 3.63. The van der Waals surface area contributed by atoms with Crippen molar-refractivity contribution >= 4 is 11.8 Å². The van der Waals surface area contributed by atoms with Gasteiger partial charge in [-0.3, -0.25) is 4.79 Å². The Kier molecular flexibility index (Phi) is 4.42. The lowest BCUT2D eigenvalue weighted by Crippen LogP contribution is -2.39. The van der Waals surface area contributed by atoms with Gasteiger partial charge in [0, 0.05) is 11.6 Å². The summed E-state index contributed by atoms with van der Waals surface area (Å²) in [5.74, 6) is 0.406. The van der Waals surface area contributed by atoms with E-state index in [0.29, 0.717) is 5.90 Å². The van der Waals surface area contributed by atoms with Crippen molar-refractivity contribution in [3.05, 3.63) is 71.8 Å². The van der Waals surface area contributed by atoms with Crippen LogP contribution in [0.1, 0.15) is 31.1 Å². The molecular weight excluding hydrogens is 288 g/mol. The quantitative estimate of drug-likeness (QED) is 0.943. The third-order valence-electron chi connectivity index (χ3n) is 3.63. The first-order valence-corrected chi connectivity index (χ1v) is 7.80. The number of benzene rings is 2. The first-order valence-electron chi connectivity index (χ1n) is 7.80. The van der Waals surface area contributed by atoms with E-state index in [0.717, 1.165) is 11.1 Å². The summed E-state index contributed by atoms with van der Waals surface area (Å²) in [6.45, 7) is 3.88. The van der Waals surface area contributed by atoms with Gasteiger partial charge in [-0.1, -0.05) is 48.5 Å². The Balaban J connectivity index is 1.92. The normalized spacial score (nSPS) is 20.0. The van der Waals surface area contributed by atoms with Crippen molar-refractivity contribution in [1.82, 2.24) is 5.32 Å². The summed E-state index contributed by atoms with van der Waals surface area (Å²) in [5.41, 5.74) is 1.83. The molecule has 2 aromatic carbocycles. The van der Waals surface area contributed by atoms with E-state index in [9.17, 15) is 4.79 Å². The summed E-state index contributed by atoms with van der Waals surface area (Å²) in [4.78, 5) is 17.1. The molecule has 0 aromatic heterocycles. The fourth-order valence-electron chi connectivity index (χ4n) is 2.59. The predicted octanol–water partition coefficient (Wildman–Crippen LogP) is 3.10. The summed E-state index contributed by atoms with van der Waals surface area (Å²) >= 11 is 0. The summed E-state index contributed by atoms with van der Waals surface area (Å²) in [5, 5.41) is 2.93. The lowest BCUT2D eigenvalue weighted by molar-refractivity contribution is -0.124. The van der Waals surface area contributed by atoms with E-state index in [1.54, 1.807) is 0 Å². The highest BCUT2D eigenvalue weighted by Crippen LogP contribution is 2.31. The smallest absolute Gasteiger partial charge is 0.249 e. The van der Waals surface area contributed by atoms with Crippen LogP contribution in [0.4, 0.5) is 0 Å². The molecule has 0 bridgehead atoms. The number of hydrogen-bond acceptors (Lipinski definition) is 3. The van der Waals surface area contributed by atoms with E-state index in [1.165, 1.54) is 0 Å². The fraction of sp³-hybridized carbons (Fsp3) is 0.263. The van der Waals surface area contributed by atoms with E-state index >= 15 is 0 Å². The number of ether oxygens (including phenoxy) is 1. The van der Waals surface area contributed by atoms with Gasteiger partial charge in [-0.2, -0.15) is 0 Å². The molecule has 0 spiro atoms. The minimum absolute atomic E-state index is 0.0647. The van der Waals surface area contributed by atoms with Crippen molar-refractivity contribution in [2.24, 2.45) is 4.99 Å². The van der Waals surface area contributed by atoms with Crippen molar-refractivity contribution in [1.29, 1.82) is 0 Å². The molecule has 23 heavy (non-hydrogen) atoms. The van der Waals surface area contributed by atoms with Gasteiger partial charge in [0.25, 0.3) is 0 Å². The van der Waals surface area contributed by atoms with E-state index < -0.39 is 12.1 Å². The maximum atomic E-state index is 12.5. The Morgan fingerprint density at radius 2 is 1.65 bits per heavy atom. The van der Waals surface area contributed by atoms with Gasteiger partial charge >= 0.3 is 0 Å². The van der Waals surface area contributed by atoms with Gasteiger partial charge in [-0.05, 0) is 31.5 Å². The fourth-order valence-corrected chi connectivity index (χ4v) is 2.59. The van der Waals surface area contributed by atoms with Gasteiger partial charge in [0.2, 0.25) is 11.8 Å². The number of nitrogens with one attached hydrogen (secondary N) is 1. The lowest BCUT2D eigenvalue weighted by Gasteiger charge is -2.19. The van der Waals surface area contributed by atoms with Crippen LogP contribution in [0.25, 0.3) is 0 Å². The molecule has 118 valence electrons. The second kappa shape index (κ2) is 6.65. The van der Waals surface area contributed by atoms with Crippen molar-refractivity contribution in [3.8, 4) is 0 Å². The molecule has 0 aliphatic carbocycles. The topological polar surface area (TPSA) is 50.7 Å². The van der Waals surface area contributed by atoms with Gasteiger partial charge in [0.1, 0.15) is 0 Å². The summed E-state index contributed by atoms with van der Waals surface area (Å²) < 4.78 is 6.04. The van der Waals surface area contributed by atoms with E-state index in [2.05, 4.69) is 10.3 Å². The first-order chi connectivity index (χ1) is 11.1. The summed E-state index contributed by atoms with van der Waals surface area (Å²) in [7, 11) is 0. The molecule has 3 rings (SSSR count). The van der Waals surface area contributed by atoms with Gasteiger partial charge in [0.15, 0.2) is 12.1 Å². The van der Waals surface area contributed by atoms with Crippen LogP contribution in [0, 0.1) is 0 Å². The minimum atomic E-state index is -0.574. The van der Waals surface area contributed by atoms with Gasteiger partial charge in [-0.25, -0.2) is 4.99 Å². The van der Waals surface area contributed by atoms with Crippen LogP contribution < -0.4 is 5.32 Å². The molecule has 2 aromatic rings. The number of nitrogens with zero attached hydrogens (tertiary/aromatic N) is 1. The molecule has 1 amide bonds. The van der Waals surface area contributed by atoms with Crippen molar-refractivity contribution in [3.63, 3.8) is 0 Å². The van der Waals surface area contributed by atoms with E-state index in [4.69, 9.17) is 4.74 Å². The number of hydrogen-bond donors (Lipinski definition) is 1. The first kappa shape index (κ1) is 15.3. The van der Waals surface area contributed by atoms with Crippen molar-refractivity contribution < 1.29 is 9.53 Å². The Morgan fingerprint density at radius 1 is 1.04 bits per heavy atom. The average Bonchev–Trinajstić information content (AvgIpc) is 3.01. The molecule has 1 aliphatic heterocycles. The van der Waals surface area contributed by atoms with Crippen LogP contribution in [0.3, 0.4) is 0 Å². The van der Waals surface area contributed by atoms with Crippen LogP contribution in [0.2, 0.25) is 0 Å². The Labute approximate surface area is 136 Å². The van der Waals surface area contributed by atoms with Gasteiger partial charge in [0.05, 0.1) is 0 Å². The number of carbonyl (C=O) groups excluding carboxylic acids is 1. The highest BCUT2D eigenvalue weighted by molar-refractivity contribution is 5.98. The molecule has 2 atom stereocenters. The molecule has 2 unspecified atom stereocenters. The van der Waals surface area contributed by atoms with Crippen LogP contribution >= 0.6 is 0 Å². The Hall–Kier alpha value is -2.62. The SMILES string of the molecule is CC(C)NC(=O)C1N=C(c2ccccc2)OC1c1ccccc1. The molecular formula is C19H20N2O2. The average molecular weight is 308 g/mol.